The molecule has 5 heteroatoms. The van der Waals surface area contributed by atoms with Crippen LogP contribution < -0.4 is 5.32 Å². The van der Waals surface area contributed by atoms with E-state index in [2.05, 4.69) is 5.32 Å². The van der Waals surface area contributed by atoms with Crippen LogP contribution in [-0.4, -0.2) is 22.1 Å². The highest BCUT2D eigenvalue weighted by molar-refractivity contribution is 6.07. The molecular formula is C19H19NO4. The number of phenols is 1. The first-order valence-electron chi connectivity index (χ1n) is 8.01. The quantitative estimate of drug-likeness (QED) is 0.806. The number of anilines is 1. The highest BCUT2D eigenvalue weighted by Gasteiger charge is 2.20. The average molecular weight is 325 g/mol. The number of carbonyl (C=O) groups excluding carboxylic acids is 1. The lowest BCUT2D eigenvalue weighted by molar-refractivity contribution is -0.136. The van der Waals surface area contributed by atoms with Gasteiger partial charge in [-0.05, 0) is 54.5 Å². The van der Waals surface area contributed by atoms with E-state index in [4.69, 9.17) is 5.11 Å². The van der Waals surface area contributed by atoms with Gasteiger partial charge in [0.05, 0.1) is 12.0 Å². The topological polar surface area (TPSA) is 86.6 Å². The fraction of sp³-hybridized carbons (Fsp3) is 0.263. The Hall–Kier alpha value is -2.82. The van der Waals surface area contributed by atoms with Crippen molar-refractivity contribution in [3.63, 3.8) is 0 Å². The molecule has 3 N–H and O–H groups in total. The van der Waals surface area contributed by atoms with Crippen LogP contribution in [0.2, 0.25) is 0 Å². The van der Waals surface area contributed by atoms with E-state index in [0.29, 0.717) is 11.3 Å². The number of hydrogen-bond acceptors (Lipinski definition) is 3. The third-order valence-electron chi connectivity index (χ3n) is 4.35. The second kappa shape index (κ2) is 6.74. The zero-order chi connectivity index (χ0) is 17.1. The van der Waals surface area contributed by atoms with Gasteiger partial charge in [-0.1, -0.05) is 24.3 Å². The van der Waals surface area contributed by atoms with Crippen molar-refractivity contribution in [2.45, 2.75) is 32.1 Å². The lowest BCUT2D eigenvalue weighted by Crippen LogP contribution is -2.16. The van der Waals surface area contributed by atoms with Crippen LogP contribution in [0.15, 0.2) is 36.4 Å². The lowest BCUT2D eigenvalue weighted by Gasteiger charge is -2.19. The Morgan fingerprint density at radius 1 is 1.04 bits per heavy atom. The van der Waals surface area contributed by atoms with Gasteiger partial charge in [0.1, 0.15) is 5.75 Å². The number of para-hydroxylation sites is 1. The highest BCUT2D eigenvalue weighted by atomic mass is 16.4. The summed E-state index contributed by atoms with van der Waals surface area (Å²) in [6.45, 7) is 0. The smallest absolute Gasteiger partial charge is 0.307 e. The first-order valence-corrected chi connectivity index (χ1v) is 8.01. The molecule has 1 amide bonds. The van der Waals surface area contributed by atoms with Crippen LogP contribution in [0.25, 0.3) is 0 Å². The predicted octanol–water partition coefficient (Wildman–Crippen LogP) is 3.15. The molecule has 3 rings (SSSR count). The fourth-order valence-corrected chi connectivity index (χ4v) is 3.14. The molecule has 0 aromatic heterocycles. The van der Waals surface area contributed by atoms with Crippen molar-refractivity contribution in [3.05, 3.63) is 58.7 Å². The Kier molecular flexibility index (Phi) is 4.51. The molecule has 0 atom stereocenters. The standard InChI is InChI=1S/C19H19NO4/c21-17(22)11-13-6-2-4-8-16(13)20-19(24)15-10-9-12-5-1-3-7-14(12)18(15)23/h2,4,6,8-10,23H,1,3,5,7,11H2,(H,20,24)(H,21,22). The maximum atomic E-state index is 12.5. The first-order chi connectivity index (χ1) is 11.6. The Balaban J connectivity index is 1.87. The van der Waals surface area contributed by atoms with Crippen molar-refractivity contribution < 1.29 is 19.8 Å². The number of phenolic OH excluding ortho intramolecular Hbond substituents is 1. The van der Waals surface area contributed by atoms with E-state index in [0.717, 1.165) is 36.8 Å². The van der Waals surface area contributed by atoms with Crippen molar-refractivity contribution in [1.29, 1.82) is 0 Å². The zero-order valence-corrected chi connectivity index (χ0v) is 13.2. The first kappa shape index (κ1) is 16.1. The zero-order valence-electron chi connectivity index (χ0n) is 13.2. The number of aryl methyl sites for hydroxylation is 1. The van der Waals surface area contributed by atoms with Crippen LogP contribution in [0.5, 0.6) is 5.75 Å². The fourth-order valence-electron chi connectivity index (χ4n) is 3.14. The summed E-state index contributed by atoms with van der Waals surface area (Å²) >= 11 is 0. The number of carboxylic acids is 1. The number of carbonyl (C=O) groups is 2. The summed E-state index contributed by atoms with van der Waals surface area (Å²) in [6.07, 6.45) is 3.63. The molecule has 0 saturated heterocycles. The van der Waals surface area contributed by atoms with Gasteiger partial charge in [-0.3, -0.25) is 9.59 Å². The molecule has 0 radical (unpaired) electrons. The van der Waals surface area contributed by atoms with Gasteiger partial charge in [0.2, 0.25) is 0 Å². The number of amides is 1. The molecule has 2 aromatic rings. The van der Waals surface area contributed by atoms with Gasteiger partial charge in [0, 0.05) is 5.69 Å². The van der Waals surface area contributed by atoms with E-state index in [1.807, 2.05) is 6.07 Å². The largest absolute Gasteiger partial charge is 0.507 e. The Morgan fingerprint density at radius 3 is 2.58 bits per heavy atom. The number of aliphatic carboxylic acids is 1. The van der Waals surface area contributed by atoms with Crippen molar-refractivity contribution >= 4 is 17.6 Å². The highest BCUT2D eigenvalue weighted by Crippen LogP contribution is 2.32. The second-order valence-corrected chi connectivity index (χ2v) is 5.99. The molecule has 0 unspecified atom stereocenters. The number of aromatic hydroxyl groups is 1. The molecule has 0 fully saturated rings. The summed E-state index contributed by atoms with van der Waals surface area (Å²) in [6, 6.07) is 10.3. The molecule has 24 heavy (non-hydrogen) atoms. The van der Waals surface area contributed by atoms with E-state index < -0.39 is 11.9 Å². The molecule has 0 saturated carbocycles. The van der Waals surface area contributed by atoms with E-state index in [9.17, 15) is 14.7 Å². The normalized spacial score (nSPS) is 13.2. The van der Waals surface area contributed by atoms with Gasteiger partial charge in [-0.15, -0.1) is 0 Å². The minimum absolute atomic E-state index is 0.0421. The third kappa shape index (κ3) is 3.25. The second-order valence-electron chi connectivity index (χ2n) is 5.99. The Labute approximate surface area is 139 Å². The monoisotopic (exact) mass is 325 g/mol. The van der Waals surface area contributed by atoms with Crippen LogP contribution in [0.1, 0.15) is 39.9 Å². The van der Waals surface area contributed by atoms with Crippen LogP contribution in [-0.2, 0) is 24.1 Å². The molecule has 0 spiro atoms. The summed E-state index contributed by atoms with van der Waals surface area (Å²) in [5.41, 5.74) is 3.15. The molecule has 124 valence electrons. The van der Waals surface area contributed by atoms with E-state index in [1.54, 1.807) is 30.3 Å². The Morgan fingerprint density at radius 2 is 1.79 bits per heavy atom. The Bertz CT molecular complexity index is 798. The summed E-state index contributed by atoms with van der Waals surface area (Å²) in [5, 5.41) is 22.1. The van der Waals surface area contributed by atoms with Gasteiger partial charge in [-0.2, -0.15) is 0 Å². The van der Waals surface area contributed by atoms with Crippen molar-refractivity contribution in [2.75, 3.05) is 5.32 Å². The lowest BCUT2D eigenvalue weighted by atomic mass is 9.89. The van der Waals surface area contributed by atoms with Crippen LogP contribution >= 0.6 is 0 Å². The van der Waals surface area contributed by atoms with Gasteiger partial charge in [-0.25, -0.2) is 0 Å². The average Bonchev–Trinajstić information content (AvgIpc) is 2.56. The maximum absolute atomic E-state index is 12.5. The predicted molar refractivity (Wildman–Crippen MR) is 90.5 cm³/mol. The SMILES string of the molecule is O=C(O)Cc1ccccc1NC(=O)c1ccc2c(c1O)CCCC2. The van der Waals surface area contributed by atoms with Gasteiger partial charge < -0.3 is 15.5 Å². The molecule has 0 heterocycles. The summed E-state index contributed by atoms with van der Waals surface area (Å²) in [4.78, 5) is 23.5. The number of carboxylic acid groups (broad SMARTS) is 1. The molecule has 2 aromatic carbocycles. The molecule has 0 bridgehead atoms. The van der Waals surface area contributed by atoms with Crippen LogP contribution in [0, 0.1) is 0 Å². The number of benzene rings is 2. The summed E-state index contributed by atoms with van der Waals surface area (Å²) < 4.78 is 0. The van der Waals surface area contributed by atoms with Gasteiger partial charge >= 0.3 is 5.97 Å². The van der Waals surface area contributed by atoms with E-state index >= 15 is 0 Å². The minimum Gasteiger partial charge on any atom is -0.507 e. The van der Waals surface area contributed by atoms with Crippen LogP contribution in [0.4, 0.5) is 5.69 Å². The minimum atomic E-state index is -0.965. The van der Waals surface area contributed by atoms with Crippen molar-refractivity contribution in [1.82, 2.24) is 0 Å². The molecule has 5 nitrogen and oxygen atoms in total. The van der Waals surface area contributed by atoms with E-state index in [-0.39, 0.29) is 17.7 Å². The molecular weight excluding hydrogens is 306 g/mol. The molecule has 1 aliphatic carbocycles. The number of fused-ring (bicyclic) bond motifs is 1. The summed E-state index contributed by atoms with van der Waals surface area (Å²) in [7, 11) is 0. The number of hydrogen-bond donors (Lipinski definition) is 3. The maximum Gasteiger partial charge on any atom is 0.307 e. The number of rotatable bonds is 4. The summed E-state index contributed by atoms with van der Waals surface area (Å²) in [5.74, 6) is -1.35. The van der Waals surface area contributed by atoms with Crippen molar-refractivity contribution in [2.24, 2.45) is 0 Å². The molecule has 1 aliphatic rings. The number of nitrogens with one attached hydrogen (secondary N) is 1. The van der Waals surface area contributed by atoms with Gasteiger partial charge in [0.15, 0.2) is 0 Å². The van der Waals surface area contributed by atoms with E-state index in [1.165, 1.54) is 0 Å². The third-order valence-corrected chi connectivity index (χ3v) is 4.35. The van der Waals surface area contributed by atoms with Crippen molar-refractivity contribution in [3.8, 4) is 5.75 Å². The molecule has 0 aliphatic heterocycles. The van der Waals surface area contributed by atoms with Crippen LogP contribution in [0.3, 0.4) is 0 Å². The van der Waals surface area contributed by atoms with Gasteiger partial charge in [0.25, 0.3) is 5.91 Å².